The van der Waals surface area contributed by atoms with Crippen molar-refractivity contribution >= 4 is 27.3 Å². The highest BCUT2D eigenvalue weighted by molar-refractivity contribution is 7.89. The Bertz CT molecular complexity index is 1180. The van der Waals surface area contributed by atoms with Gasteiger partial charge in [-0.25, -0.2) is 22.9 Å². The zero-order valence-corrected chi connectivity index (χ0v) is 17.9. The second kappa shape index (κ2) is 8.90. The normalized spacial score (nSPS) is 11.3. The molecule has 0 atom stereocenters. The van der Waals surface area contributed by atoms with E-state index in [1.165, 1.54) is 25.3 Å². The number of nitrogens with two attached hydrogens (primary N) is 1. The quantitative estimate of drug-likeness (QED) is 0.576. The minimum absolute atomic E-state index is 0.0340. The van der Waals surface area contributed by atoms with Crippen molar-refractivity contribution in [2.24, 2.45) is 5.14 Å². The molecular formula is C20H20FN3O4S2. The lowest BCUT2D eigenvalue weighted by Crippen LogP contribution is -2.25. The third kappa shape index (κ3) is 4.84. The first-order valence-corrected chi connectivity index (χ1v) is 11.3. The number of ether oxygens (including phenoxy) is 1. The number of sulfonamides is 1. The van der Waals surface area contributed by atoms with Crippen molar-refractivity contribution in [3.8, 4) is 16.3 Å². The van der Waals surface area contributed by atoms with Gasteiger partial charge in [0.15, 0.2) is 0 Å². The second-order valence-corrected chi connectivity index (χ2v) is 9.01. The average Bonchev–Trinajstić information content (AvgIpc) is 3.08. The smallest absolute Gasteiger partial charge is 0.263 e. The van der Waals surface area contributed by atoms with Crippen LogP contribution in [0.1, 0.15) is 20.9 Å². The Hall–Kier alpha value is -2.82. The van der Waals surface area contributed by atoms with E-state index in [2.05, 4.69) is 10.3 Å². The molecule has 7 nitrogen and oxygen atoms in total. The third-order valence-electron chi connectivity index (χ3n) is 4.36. The summed E-state index contributed by atoms with van der Waals surface area (Å²) >= 11 is 1.09. The van der Waals surface area contributed by atoms with Gasteiger partial charge in [-0.05, 0) is 43.2 Å². The molecule has 0 unspecified atom stereocenters. The van der Waals surface area contributed by atoms with Gasteiger partial charge in [0.05, 0.1) is 23.3 Å². The lowest BCUT2D eigenvalue weighted by atomic mass is 10.1. The van der Waals surface area contributed by atoms with Gasteiger partial charge >= 0.3 is 0 Å². The number of thiazole rings is 1. The number of nitrogens with zero attached hydrogens (tertiary/aromatic N) is 1. The molecule has 0 spiro atoms. The van der Waals surface area contributed by atoms with Crippen molar-refractivity contribution in [3.05, 3.63) is 64.4 Å². The third-order valence-corrected chi connectivity index (χ3v) is 6.47. The molecule has 1 heterocycles. The van der Waals surface area contributed by atoms with E-state index < -0.39 is 15.8 Å². The van der Waals surface area contributed by atoms with Crippen LogP contribution in [0.2, 0.25) is 0 Å². The largest absolute Gasteiger partial charge is 0.496 e. The summed E-state index contributed by atoms with van der Waals surface area (Å²) < 4.78 is 42.1. The number of aromatic nitrogens is 1. The van der Waals surface area contributed by atoms with Crippen LogP contribution in [0.5, 0.6) is 5.75 Å². The number of hydrogen-bond donors (Lipinski definition) is 2. The van der Waals surface area contributed by atoms with Crippen LogP contribution in [0.25, 0.3) is 10.6 Å². The summed E-state index contributed by atoms with van der Waals surface area (Å²) in [4.78, 5) is 17.3. The van der Waals surface area contributed by atoms with Crippen molar-refractivity contribution in [1.29, 1.82) is 0 Å². The first kappa shape index (κ1) is 21.9. The zero-order valence-electron chi connectivity index (χ0n) is 16.3. The number of primary sulfonamides is 1. The number of rotatable bonds is 7. The Labute approximate surface area is 177 Å². The molecule has 0 bridgehead atoms. The SMILES string of the molecule is COc1cccc(F)c1-c1nc(C)c(C(=O)NCCc2ccc(S(N)(=O)=O)cc2)s1. The summed E-state index contributed by atoms with van der Waals surface area (Å²) in [6.07, 6.45) is 0.502. The topological polar surface area (TPSA) is 111 Å². The van der Waals surface area contributed by atoms with E-state index in [-0.39, 0.29) is 16.4 Å². The molecule has 2 aromatic carbocycles. The minimum Gasteiger partial charge on any atom is -0.496 e. The van der Waals surface area contributed by atoms with Crippen molar-refractivity contribution in [3.63, 3.8) is 0 Å². The summed E-state index contributed by atoms with van der Waals surface area (Å²) in [5.41, 5.74) is 1.57. The number of hydrogen-bond acceptors (Lipinski definition) is 6. The Morgan fingerprint density at radius 1 is 1.23 bits per heavy atom. The van der Waals surface area contributed by atoms with E-state index in [9.17, 15) is 17.6 Å². The van der Waals surface area contributed by atoms with Crippen LogP contribution in [-0.2, 0) is 16.4 Å². The standard InChI is InChI=1S/C20H20FN3O4S2/c1-12-18(29-20(24-12)17-15(21)4-3-5-16(17)28-2)19(25)23-11-10-13-6-8-14(9-7-13)30(22,26)27/h3-9H,10-11H2,1-2H3,(H,23,25)(H2,22,26,27). The van der Waals surface area contributed by atoms with Crippen molar-refractivity contribution in [2.45, 2.75) is 18.2 Å². The molecule has 10 heteroatoms. The van der Waals surface area contributed by atoms with Crippen molar-refractivity contribution in [2.75, 3.05) is 13.7 Å². The van der Waals surface area contributed by atoms with Crippen LogP contribution in [0, 0.1) is 12.7 Å². The highest BCUT2D eigenvalue weighted by atomic mass is 32.2. The van der Waals surface area contributed by atoms with E-state index in [0.29, 0.717) is 34.3 Å². The Morgan fingerprint density at radius 3 is 2.57 bits per heavy atom. The number of benzene rings is 2. The predicted octanol–water partition coefficient (Wildman–Crippen LogP) is 2.89. The summed E-state index contributed by atoms with van der Waals surface area (Å²) in [5.74, 6) is -0.440. The Morgan fingerprint density at radius 2 is 1.93 bits per heavy atom. The molecule has 1 aromatic heterocycles. The van der Waals surface area contributed by atoms with Crippen LogP contribution < -0.4 is 15.2 Å². The molecule has 30 heavy (non-hydrogen) atoms. The molecule has 3 aromatic rings. The summed E-state index contributed by atoms with van der Waals surface area (Å²) in [5, 5.41) is 8.25. The maximum Gasteiger partial charge on any atom is 0.263 e. The monoisotopic (exact) mass is 449 g/mol. The van der Waals surface area contributed by atoms with Gasteiger partial charge in [-0.15, -0.1) is 11.3 Å². The number of aryl methyl sites for hydroxylation is 1. The first-order valence-electron chi connectivity index (χ1n) is 8.91. The van der Waals surface area contributed by atoms with Gasteiger partial charge in [0.25, 0.3) is 5.91 Å². The summed E-state index contributed by atoms with van der Waals surface area (Å²) in [7, 11) is -2.29. The Balaban J connectivity index is 1.69. The molecule has 0 fully saturated rings. The van der Waals surface area contributed by atoms with Gasteiger partial charge in [-0.2, -0.15) is 0 Å². The molecule has 0 aliphatic carbocycles. The highest BCUT2D eigenvalue weighted by Gasteiger charge is 2.20. The highest BCUT2D eigenvalue weighted by Crippen LogP contribution is 2.36. The molecule has 158 valence electrons. The molecule has 0 aliphatic heterocycles. The van der Waals surface area contributed by atoms with Gasteiger partial charge in [0, 0.05) is 6.54 Å². The van der Waals surface area contributed by atoms with Crippen molar-refractivity contribution in [1.82, 2.24) is 10.3 Å². The van der Waals surface area contributed by atoms with Crippen LogP contribution >= 0.6 is 11.3 Å². The van der Waals surface area contributed by atoms with Crippen LogP contribution in [0.3, 0.4) is 0 Å². The number of amides is 1. The second-order valence-electron chi connectivity index (χ2n) is 6.45. The lowest BCUT2D eigenvalue weighted by Gasteiger charge is -2.06. The molecule has 1 amide bonds. The van der Waals surface area contributed by atoms with Gasteiger partial charge in [0.2, 0.25) is 10.0 Å². The fourth-order valence-corrected chi connectivity index (χ4v) is 4.39. The fraction of sp³-hybridized carbons (Fsp3) is 0.200. The average molecular weight is 450 g/mol. The number of methoxy groups -OCH3 is 1. The van der Waals surface area contributed by atoms with Gasteiger partial charge < -0.3 is 10.1 Å². The van der Waals surface area contributed by atoms with Crippen LogP contribution in [-0.4, -0.2) is 33.0 Å². The fourth-order valence-electron chi connectivity index (χ4n) is 2.84. The van der Waals surface area contributed by atoms with Crippen LogP contribution in [0.15, 0.2) is 47.4 Å². The van der Waals surface area contributed by atoms with E-state index >= 15 is 0 Å². The number of carbonyl (C=O) groups is 1. The lowest BCUT2D eigenvalue weighted by molar-refractivity contribution is 0.0957. The molecule has 0 saturated heterocycles. The maximum atomic E-state index is 14.3. The molecular weight excluding hydrogens is 429 g/mol. The summed E-state index contributed by atoms with van der Waals surface area (Å²) in [6.45, 7) is 2.03. The van der Waals surface area contributed by atoms with E-state index in [1.807, 2.05) is 0 Å². The first-order chi connectivity index (χ1) is 14.2. The van der Waals surface area contributed by atoms with E-state index in [1.54, 1.807) is 31.2 Å². The molecule has 3 rings (SSSR count). The maximum absolute atomic E-state index is 14.3. The molecule has 0 aliphatic rings. The molecule has 3 N–H and O–H groups in total. The molecule has 0 radical (unpaired) electrons. The van der Waals surface area contributed by atoms with E-state index in [0.717, 1.165) is 16.9 Å². The zero-order chi connectivity index (χ0) is 21.9. The molecule has 0 saturated carbocycles. The Kier molecular flexibility index (Phi) is 6.49. The van der Waals surface area contributed by atoms with Crippen molar-refractivity contribution < 1.29 is 22.3 Å². The van der Waals surface area contributed by atoms with Gasteiger partial charge in [-0.3, -0.25) is 4.79 Å². The number of halogens is 1. The van der Waals surface area contributed by atoms with Gasteiger partial charge in [0.1, 0.15) is 21.5 Å². The minimum atomic E-state index is -3.73. The predicted molar refractivity (Wildman–Crippen MR) is 113 cm³/mol. The number of carbonyl (C=O) groups excluding carboxylic acids is 1. The number of nitrogens with one attached hydrogen (secondary N) is 1. The van der Waals surface area contributed by atoms with E-state index in [4.69, 9.17) is 9.88 Å². The van der Waals surface area contributed by atoms with Gasteiger partial charge in [-0.1, -0.05) is 18.2 Å². The van der Waals surface area contributed by atoms with Crippen LogP contribution in [0.4, 0.5) is 4.39 Å². The summed E-state index contributed by atoms with van der Waals surface area (Å²) in [6, 6.07) is 10.6.